The van der Waals surface area contributed by atoms with Crippen molar-refractivity contribution in [3.63, 3.8) is 0 Å². The van der Waals surface area contributed by atoms with Crippen LogP contribution in [-0.4, -0.2) is 48.6 Å². The molecule has 5 N–H and O–H groups in total. The van der Waals surface area contributed by atoms with E-state index < -0.39 is 23.9 Å². The Morgan fingerprint density at radius 1 is 1.39 bits per heavy atom. The van der Waals surface area contributed by atoms with Crippen LogP contribution in [0.1, 0.15) is 53.9 Å². The molecule has 0 aliphatic carbocycles. The lowest BCUT2D eigenvalue weighted by atomic mass is 9.87. The SMILES string of the molecule is CCN=C(C(=O)N[C@@H](CC(C)(C)C)C(=O)N[C@H](C#N)C[C@@H]1CCNC1=O)C(Br)=C(C)N. The van der Waals surface area contributed by atoms with Crippen LogP contribution in [0.5, 0.6) is 0 Å². The van der Waals surface area contributed by atoms with Gasteiger partial charge in [-0.25, -0.2) is 0 Å². The number of hydrogen-bond donors (Lipinski definition) is 4. The second-order valence-corrected chi connectivity index (χ2v) is 9.61. The van der Waals surface area contributed by atoms with Gasteiger partial charge in [0, 0.05) is 24.7 Å². The molecule has 1 heterocycles. The summed E-state index contributed by atoms with van der Waals surface area (Å²) in [6.45, 7) is 10.2. The average Bonchev–Trinajstić information content (AvgIpc) is 3.07. The maximum Gasteiger partial charge on any atom is 0.271 e. The summed E-state index contributed by atoms with van der Waals surface area (Å²) in [6, 6.07) is 0.329. The molecule has 0 aromatic heterocycles. The molecule has 1 saturated heterocycles. The first kappa shape index (κ1) is 26.6. The standard InChI is InChI=1S/C21H33BrN6O3/c1-6-25-17(16(22)12(2)24)20(31)28-15(10-21(3,4)5)19(30)27-14(11-23)9-13-7-8-26-18(13)29/h13-15H,6-10,24H2,1-5H3,(H,26,29)(H,27,30)(H,28,31)/t13-,14-,15-/m0/s1. The van der Waals surface area contributed by atoms with Crippen LogP contribution in [0.4, 0.5) is 0 Å². The van der Waals surface area contributed by atoms with Gasteiger partial charge in [-0.15, -0.1) is 0 Å². The van der Waals surface area contributed by atoms with E-state index in [1.54, 1.807) is 13.8 Å². The van der Waals surface area contributed by atoms with Gasteiger partial charge in [0.2, 0.25) is 11.8 Å². The van der Waals surface area contributed by atoms with Gasteiger partial charge in [-0.2, -0.15) is 5.26 Å². The Morgan fingerprint density at radius 2 is 2.03 bits per heavy atom. The van der Waals surface area contributed by atoms with E-state index in [2.05, 4.69) is 36.9 Å². The lowest BCUT2D eigenvalue weighted by Gasteiger charge is -2.27. The summed E-state index contributed by atoms with van der Waals surface area (Å²) in [6.07, 6.45) is 1.20. The minimum atomic E-state index is -0.888. The van der Waals surface area contributed by atoms with Crippen LogP contribution in [0.25, 0.3) is 0 Å². The maximum absolute atomic E-state index is 13.0. The third kappa shape index (κ3) is 8.69. The Labute approximate surface area is 192 Å². The molecule has 0 spiro atoms. The van der Waals surface area contributed by atoms with E-state index in [1.807, 2.05) is 26.8 Å². The van der Waals surface area contributed by atoms with Crippen molar-refractivity contribution in [2.75, 3.05) is 13.1 Å². The minimum absolute atomic E-state index is 0.105. The molecule has 0 unspecified atom stereocenters. The fourth-order valence-electron chi connectivity index (χ4n) is 3.20. The average molecular weight is 497 g/mol. The number of nitriles is 1. The molecule has 1 rings (SSSR count). The van der Waals surface area contributed by atoms with Crippen LogP contribution >= 0.6 is 15.9 Å². The molecule has 1 aliphatic rings. The summed E-state index contributed by atoms with van der Waals surface area (Å²) in [5, 5.41) is 17.6. The van der Waals surface area contributed by atoms with Gasteiger partial charge in [0.25, 0.3) is 5.91 Å². The van der Waals surface area contributed by atoms with Crippen LogP contribution in [-0.2, 0) is 14.4 Å². The molecule has 0 aromatic carbocycles. The number of aliphatic imine (C=N–C) groups is 1. The van der Waals surface area contributed by atoms with Crippen LogP contribution in [0, 0.1) is 22.7 Å². The zero-order valence-electron chi connectivity index (χ0n) is 18.8. The first-order valence-corrected chi connectivity index (χ1v) is 11.1. The monoisotopic (exact) mass is 496 g/mol. The Balaban J connectivity index is 3.01. The van der Waals surface area contributed by atoms with E-state index >= 15 is 0 Å². The molecule has 0 aromatic rings. The van der Waals surface area contributed by atoms with Crippen molar-refractivity contribution < 1.29 is 14.4 Å². The number of carbonyl (C=O) groups is 3. The van der Waals surface area contributed by atoms with Crippen molar-refractivity contribution in [3.05, 3.63) is 10.2 Å². The Bertz CT molecular complexity index is 790. The van der Waals surface area contributed by atoms with E-state index in [0.29, 0.717) is 36.1 Å². The number of hydrogen-bond acceptors (Lipinski definition) is 6. The number of nitrogens with one attached hydrogen (secondary N) is 3. The van der Waals surface area contributed by atoms with E-state index in [9.17, 15) is 19.6 Å². The maximum atomic E-state index is 13.0. The summed E-state index contributed by atoms with van der Waals surface area (Å²) in [7, 11) is 0. The molecule has 0 radical (unpaired) electrons. The second-order valence-electron chi connectivity index (χ2n) is 8.81. The Morgan fingerprint density at radius 3 is 2.48 bits per heavy atom. The van der Waals surface area contributed by atoms with E-state index in [0.717, 1.165) is 0 Å². The number of carbonyl (C=O) groups excluding carboxylic acids is 3. The zero-order valence-corrected chi connectivity index (χ0v) is 20.4. The largest absolute Gasteiger partial charge is 0.401 e. The Hall–Kier alpha value is -2.41. The van der Waals surface area contributed by atoms with Gasteiger partial charge in [-0.1, -0.05) is 20.8 Å². The predicted molar refractivity (Wildman–Crippen MR) is 123 cm³/mol. The molecule has 1 aliphatic heterocycles. The first-order valence-electron chi connectivity index (χ1n) is 10.3. The smallest absolute Gasteiger partial charge is 0.271 e. The molecule has 10 heteroatoms. The first-order chi connectivity index (χ1) is 14.4. The molecular weight excluding hydrogens is 464 g/mol. The third-order valence-electron chi connectivity index (χ3n) is 4.68. The molecule has 9 nitrogen and oxygen atoms in total. The summed E-state index contributed by atoms with van der Waals surface area (Å²) >= 11 is 3.29. The number of allylic oxidation sites excluding steroid dienone is 1. The van der Waals surface area contributed by atoms with Crippen molar-refractivity contribution >= 4 is 39.4 Å². The van der Waals surface area contributed by atoms with E-state index in [-0.39, 0.29) is 29.4 Å². The van der Waals surface area contributed by atoms with Gasteiger partial charge in [0.05, 0.1) is 10.6 Å². The number of amides is 3. The van der Waals surface area contributed by atoms with Gasteiger partial charge < -0.3 is 21.7 Å². The molecular formula is C21H33BrN6O3. The Kier molecular flexibility index (Phi) is 10.2. The number of rotatable bonds is 9. The van der Waals surface area contributed by atoms with Crippen molar-refractivity contribution in [1.82, 2.24) is 16.0 Å². The van der Waals surface area contributed by atoms with Crippen LogP contribution in [0.3, 0.4) is 0 Å². The van der Waals surface area contributed by atoms with Gasteiger partial charge in [0.15, 0.2) is 0 Å². The fourth-order valence-corrected chi connectivity index (χ4v) is 3.51. The molecule has 1 fully saturated rings. The van der Waals surface area contributed by atoms with Crippen molar-refractivity contribution in [1.29, 1.82) is 5.26 Å². The highest BCUT2D eigenvalue weighted by atomic mass is 79.9. The lowest BCUT2D eigenvalue weighted by molar-refractivity contribution is -0.128. The molecule has 0 saturated carbocycles. The topological polar surface area (TPSA) is 149 Å². The highest BCUT2D eigenvalue weighted by molar-refractivity contribution is 9.12. The lowest BCUT2D eigenvalue weighted by Crippen LogP contribution is -2.52. The highest BCUT2D eigenvalue weighted by Crippen LogP contribution is 2.22. The van der Waals surface area contributed by atoms with Crippen LogP contribution in [0.15, 0.2) is 15.2 Å². The van der Waals surface area contributed by atoms with Crippen LogP contribution < -0.4 is 21.7 Å². The van der Waals surface area contributed by atoms with E-state index in [1.165, 1.54) is 0 Å². The normalized spacial score (nSPS) is 19.6. The highest BCUT2D eigenvalue weighted by Gasteiger charge is 2.32. The molecule has 3 amide bonds. The van der Waals surface area contributed by atoms with Crippen molar-refractivity contribution in [2.24, 2.45) is 22.1 Å². The summed E-state index contributed by atoms with van der Waals surface area (Å²) in [5.74, 6) is -1.43. The third-order valence-corrected chi connectivity index (χ3v) is 5.68. The summed E-state index contributed by atoms with van der Waals surface area (Å²) < 4.78 is 0.365. The van der Waals surface area contributed by atoms with Gasteiger partial charge in [-0.05, 0) is 54.5 Å². The predicted octanol–water partition coefficient (Wildman–Crippen LogP) is 1.49. The van der Waals surface area contributed by atoms with Gasteiger partial charge in [0.1, 0.15) is 17.8 Å². The molecule has 31 heavy (non-hydrogen) atoms. The summed E-state index contributed by atoms with van der Waals surface area (Å²) in [4.78, 5) is 41.9. The quantitative estimate of drug-likeness (QED) is 0.356. The second kappa shape index (κ2) is 11.8. The molecule has 3 atom stereocenters. The number of halogens is 1. The fraction of sp³-hybridized carbons (Fsp3) is 0.667. The minimum Gasteiger partial charge on any atom is -0.401 e. The summed E-state index contributed by atoms with van der Waals surface area (Å²) in [5.41, 5.74) is 6.01. The number of nitrogens with two attached hydrogens (primary N) is 1. The number of nitrogens with zero attached hydrogens (tertiary/aromatic N) is 2. The van der Waals surface area contributed by atoms with Crippen LogP contribution in [0.2, 0.25) is 0 Å². The van der Waals surface area contributed by atoms with Crippen molar-refractivity contribution in [2.45, 2.75) is 66.0 Å². The molecule has 172 valence electrons. The van der Waals surface area contributed by atoms with E-state index in [4.69, 9.17) is 5.73 Å². The van der Waals surface area contributed by atoms with Gasteiger partial charge in [-0.3, -0.25) is 19.4 Å². The van der Waals surface area contributed by atoms with Crippen molar-refractivity contribution in [3.8, 4) is 6.07 Å². The van der Waals surface area contributed by atoms with Gasteiger partial charge >= 0.3 is 0 Å². The zero-order chi connectivity index (χ0) is 23.8. The molecule has 0 bridgehead atoms.